The van der Waals surface area contributed by atoms with Crippen molar-refractivity contribution in [3.8, 4) is 0 Å². The van der Waals surface area contributed by atoms with Gasteiger partial charge in [-0.1, -0.05) is 26.2 Å². The molecule has 0 aliphatic heterocycles. The van der Waals surface area contributed by atoms with E-state index in [0.29, 0.717) is 18.5 Å². The van der Waals surface area contributed by atoms with Crippen molar-refractivity contribution in [2.24, 2.45) is 11.8 Å². The van der Waals surface area contributed by atoms with Crippen LogP contribution in [0.1, 0.15) is 51.9 Å². The molecule has 2 N–H and O–H groups in total. The largest absolute Gasteiger partial charge is 0.355 e. The molecule has 2 fully saturated rings. The fourth-order valence-corrected chi connectivity index (χ4v) is 2.66. The maximum Gasteiger partial charge on any atom is 0.233 e. The first-order valence-electron chi connectivity index (χ1n) is 7.26. The minimum atomic E-state index is 0.174. The third-order valence-corrected chi connectivity index (χ3v) is 4.17. The lowest BCUT2D eigenvalue weighted by Crippen LogP contribution is -2.42. The minimum absolute atomic E-state index is 0.174. The fourth-order valence-electron chi connectivity index (χ4n) is 2.66. The van der Waals surface area contributed by atoms with Gasteiger partial charge in [0, 0.05) is 12.6 Å². The first-order chi connectivity index (χ1) is 8.25. The number of carbonyl (C=O) groups excluding carboxylic acids is 1. The van der Waals surface area contributed by atoms with Crippen LogP contribution in [0.4, 0.5) is 0 Å². The van der Waals surface area contributed by atoms with E-state index in [1.165, 1.54) is 44.9 Å². The average Bonchev–Trinajstić information content (AvgIpc) is 3.12. The highest BCUT2D eigenvalue weighted by molar-refractivity contribution is 5.78. The molecule has 0 aromatic rings. The molecule has 0 radical (unpaired) electrons. The van der Waals surface area contributed by atoms with E-state index in [4.69, 9.17) is 0 Å². The molecule has 3 nitrogen and oxygen atoms in total. The van der Waals surface area contributed by atoms with Crippen LogP contribution < -0.4 is 10.6 Å². The van der Waals surface area contributed by atoms with Crippen molar-refractivity contribution in [3.05, 3.63) is 0 Å². The van der Waals surface area contributed by atoms with Crippen LogP contribution in [0.5, 0.6) is 0 Å². The van der Waals surface area contributed by atoms with Crippen LogP contribution in [0.15, 0.2) is 0 Å². The lowest BCUT2D eigenvalue weighted by molar-refractivity contribution is -0.120. The standard InChI is InChI=1S/C14H26N2O/c1-11-5-3-2-4-6-13(11)15-10-14(17)16-9-12-7-8-12/h11-13,15H,2-10H2,1H3,(H,16,17). The first-order valence-corrected chi connectivity index (χ1v) is 7.26. The molecule has 0 heterocycles. The zero-order valence-electron chi connectivity index (χ0n) is 11.0. The predicted molar refractivity (Wildman–Crippen MR) is 69.8 cm³/mol. The van der Waals surface area contributed by atoms with Gasteiger partial charge in [0.1, 0.15) is 0 Å². The zero-order chi connectivity index (χ0) is 12.1. The molecule has 0 bridgehead atoms. The number of nitrogens with one attached hydrogen (secondary N) is 2. The SMILES string of the molecule is CC1CCCCCC1NCC(=O)NCC1CC1. The number of rotatable bonds is 5. The van der Waals surface area contributed by atoms with E-state index in [0.717, 1.165) is 12.5 Å². The lowest BCUT2D eigenvalue weighted by atomic mass is 9.97. The summed E-state index contributed by atoms with van der Waals surface area (Å²) in [6.07, 6.45) is 9.16. The maximum atomic E-state index is 11.6. The molecule has 2 rings (SSSR count). The Morgan fingerprint density at radius 3 is 2.65 bits per heavy atom. The molecule has 1 amide bonds. The number of carbonyl (C=O) groups is 1. The van der Waals surface area contributed by atoms with Crippen molar-refractivity contribution < 1.29 is 4.79 Å². The lowest BCUT2D eigenvalue weighted by Gasteiger charge is -2.22. The molecule has 0 aromatic heterocycles. The van der Waals surface area contributed by atoms with Crippen molar-refractivity contribution in [1.82, 2.24) is 10.6 Å². The topological polar surface area (TPSA) is 41.1 Å². The molecular weight excluding hydrogens is 212 g/mol. The summed E-state index contributed by atoms with van der Waals surface area (Å²) in [6, 6.07) is 0.546. The summed E-state index contributed by atoms with van der Waals surface area (Å²) in [5.41, 5.74) is 0. The molecule has 2 atom stereocenters. The molecule has 0 saturated heterocycles. The van der Waals surface area contributed by atoms with Crippen LogP contribution in [-0.4, -0.2) is 25.0 Å². The summed E-state index contributed by atoms with van der Waals surface area (Å²) in [5, 5.41) is 6.46. The van der Waals surface area contributed by atoms with Crippen LogP contribution in [-0.2, 0) is 4.79 Å². The third-order valence-electron chi connectivity index (χ3n) is 4.17. The molecule has 2 aliphatic rings. The van der Waals surface area contributed by atoms with Gasteiger partial charge >= 0.3 is 0 Å². The Bertz CT molecular complexity index is 251. The summed E-state index contributed by atoms with van der Waals surface area (Å²) in [6.45, 7) is 3.70. The van der Waals surface area contributed by atoms with E-state index in [1.54, 1.807) is 0 Å². The Kier molecular flexibility index (Phi) is 4.84. The van der Waals surface area contributed by atoms with Gasteiger partial charge in [-0.25, -0.2) is 0 Å². The third kappa shape index (κ3) is 4.66. The fraction of sp³-hybridized carbons (Fsp3) is 0.929. The molecule has 0 aromatic carbocycles. The molecular formula is C14H26N2O. The summed E-state index contributed by atoms with van der Waals surface area (Å²) < 4.78 is 0. The number of amides is 1. The molecule has 0 spiro atoms. The van der Waals surface area contributed by atoms with Gasteiger partial charge in [-0.05, 0) is 37.5 Å². The van der Waals surface area contributed by atoms with Crippen molar-refractivity contribution in [2.75, 3.05) is 13.1 Å². The van der Waals surface area contributed by atoms with E-state index in [1.807, 2.05) is 0 Å². The molecule has 2 aliphatic carbocycles. The summed E-state index contributed by atoms with van der Waals surface area (Å²) in [4.78, 5) is 11.6. The monoisotopic (exact) mass is 238 g/mol. The molecule has 2 unspecified atom stereocenters. The smallest absolute Gasteiger partial charge is 0.233 e. The van der Waals surface area contributed by atoms with Gasteiger partial charge in [-0.15, -0.1) is 0 Å². The highest BCUT2D eigenvalue weighted by Crippen LogP contribution is 2.27. The zero-order valence-corrected chi connectivity index (χ0v) is 11.0. The molecule has 2 saturated carbocycles. The summed E-state index contributed by atoms with van der Waals surface area (Å²) in [7, 11) is 0. The minimum Gasteiger partial charge on any atom is -0.355 e. The van der Waals surface area contributed by atoms with E-state index in [2.05, 4.69) is 17.6 Å². The Labute approximate surface area is 105 Å². The Balaban J connectivity index is 1.62. The second-order valence-corrected chi connectivity index (χ2v) is 5.85. The van der Waals surface area contributed by atoms with Crippen molar-refractivity contribution in [2.45, 2.75) is 57.9 Å². The average molecular weight is 238 g/mol. The second-order valence-electron chi connectivity index (χ2n) is 5.85. The highest BCUT2D eigenvalue weighted by atomic mass is 16.1. The number of hydrogen-bond acceptors (Lipinski definition) is 2. The molecule has 98 valence electrons. The van der Waals surface area contributed by atoms with Gasteiger partial charge < -0.3 is 10.6 Å². The van der Waals surface area contributed by atoms with Crippen LogP contribution in [0, 0.1) is 11.8 Å². The second kappa shape index (κ2) is 6.39. The highest BCUT2D eigenvalue weighted by Gasteiger charge is 2.22. The Morgan fingerprint density at radius 1 is 1.12 bits per heavy atom. The van der Waals surface area contributed by atoms with E-state index in [-0.39, 0.29) is 5.91 Å². The Hall–Kier alpha value is -0.570. The number of hydrogen-bond donors (Lipinski definition) is 2. The predicted octanol–water partition coefficient (Wildman–Crippen LogP) is 2.07. The molecule has 17 heavy (non-hydrogen) atoms. The van der Waals surface area contributed by atoms with E-state index in [9.17, 15) is 4.79 Å². The van der Waals surface area contributed by atoms with E-state index >= 15 is 0 Å². The van der Waals surface area contributed by atoms with E-state index < -0.39 is 0 Å². The summed E-state index contributed by atoms with van der Waals surface area (Å²) >= 11 is 0. The van der Waals surface area contributed by atoms with Crippen LogP contribution in [0.3, 0.4) is 0 Å². The van der Waals surface area contributed by atoms with Crippen LogP contribution in [0.25, 0.3) is 0 Å². The van der Waals surface area contributed by atoms with Gasteiger partial charge in [0.05, 0.1) is 6.54 Å². The van der Waals surface area contributed by atoms with Crippen molar-refractivity contribution in [1.29, 1.82) is 0 Å². The Morgan fingerprint density at radius 2 is 1.88 bits per heavy atom. The van der Waals surface area contributed by atoms with Gasteiger partial charge in [0.15, 0.2) is 0 Å². The van der Waals surface area contributed by atoms with Gasteiger partial charge in [-0.3, -0.25) is 4.79 Å². The quantitative estimate of drug-likeness (QED) is 0.720. The van der Waals surface area contributed by atoms with Gasteiger partial charge in [0.25, 0.3) is 0 Å². The molecule has 3 heteroatoms. The first kappa shape index (κ1) is 12.9. The summed E-state index contributed by atoms with van der Waals surface area (Å²) in [5.74, 6) is 1.66. The van der Waals surface area contributed by atoms with Crippen LogP contribution in [0.2, 0.25) is 0 Å². The van der Waals surface area contributed by atoms with Crippen molar-refractivity contribution >= 4 is 5.91 Å². The van der Waals surface area contributed by atoms with Crippen molar-refractivity contribution in [3.63, 3.8) is 0 Å². The van der Waals surface area contributed by atoms with Gasteiger partial charge in [0.2, 0.25) is 5.91 Å². The van der Waals surface area contributed by atoms with Gasteiger partial charge in [-0.2, -0.15) is 0 Å². The maximum absolute atomic E-state index is 11.6. The van der Waals surface area contributed by atoms with Crippen LogP contribution >= 0.6 is 0 Å². The normalized spacial score (nSPS) is 29.7.